The van der Waals surface area contributed by atoms with Gasteiger partial charge < -0.3 is 18.4 Å². The minimum Gasteiger partial charge on any atom is -0.748 e. The fraction of sp³-hybridized carbons (Fsp3) is 0.261. The van der Waals surface area contributed by atoms with E-state index in [0.717, 1.165) is 36.2 Å². The van der Waals surface area contributed by atoms with Crippen LogP contribution in [0.25, 0.3) is 27.3 Å². The molecule has 3 heterocycles. The van der Waals surface area contributed by atoms with Crippen molar-refractivity contribution >= 4 is 87.9 Å². The Bertz CT molecular complexity index is 1740. The van der Waals surface area contributed by atoms with Gasteiger partial charge in [0.25, 0.3) is 5.01 Å². The minimum atomic E-state index is -4.36. The van der Waals surface area contributed by atoms with Gasteiger partial charge >= 0.3 is 0 Å². The first kappa shape index (κ1) is 26.5. The molecule has 0 atom stereocenters. The molecule has 0 unspecified atom stereocenters. The molecule has 0 fully saturated rings. The Morgan fingerprint density at radius 3 is 2.54 bits per heavy atom. The highest BCUT2D eigenvalue weighted by molar-refractivity contribution is 8.04. The number of fused-ring (bicyclic) bond motifs is 4. The Morgan fingerprint density at radius 2 is 1.78 bits per heavy atom. The number of nitrogens with zero attached hydrogens (tertiary/aromatic N) is 2. The molecule has 196 valence electrons. The Balaban J connectivity index is 1.58. The van der Waals surface area contributed by atoms with Gasteiger partial charge in [-0.2, -0.15) is 4.57 Å². The normalized spacial score (nSPS) is 15.3. The molecule has 0 saturated carbocycles. The Kier molecular flexibility index (Phi) is 7.31. The highest BCUT2D eigenvalue weighted by Crippen LogP contribution is 2.48. The molecule has 0 bridgehead atoms. The molecular formula is C23H20ClN2O7S4-. The summed E-state index contributed by atoms with van der Waals surface area (Å²) in [5.41, 5.74) is 2.38. The standard InChI is InChI=1S/C23H21ClN2O7S4/c24-15-3-5-19-17(13-15)25(8-1-11-36(27,28)29)21(34-19)14-22-26(9-2-12-37(30,31)32)23-16-7-10-33-18(16)4-6-20(23)35-22/h3-7,10,13-14H,1-2,8-9,11-12H2,(H-,27,28,29,30,31,32)/p-1. The van der Waals surface area contributed by atoms with Gasteiger partial charge in [0.05, 0.1) is 48.7 Å². The third-order valence-electron chi connectivity index (χ3n) is 5.81. The number of anilines is 1. The van der Waals surface area contributed by atoms with Crippen molar-refractivity contribution in [3.63, 3.8) is 0 Å². The van der Waals surface area contributed by atoms with Crippen LogP contribution in [0.5, 0.6) is 0 Å². The summed E-state index contributed by atoms with van der Waals surface area (Å²) in [5.74, 6) is -0.967. The summed E-state index contributed by atoms with van der Waals surface area (Å²) in [5, 5.41) is 3.02. The topological polar surface area (TPSA) is 135 Å². The first-order valence-corrected chi connectivity index (χ1v) is 16.3. The van der Waals surface area contributed by atoms with Crippen LogP contribution in [0.4, 0.5) is 5.69 Å². The van der Waals surface area contributed by atoms with E-state index in [2.05, 4.69) is 0 Å². The highest BCUT2D eigenvalue weighted by atomic mass is 35.5. The molecule has 0 N–H and O–H groups in total. The maximum absolute atomic E-state index is 11.3. The predicted molar refractivity (Wildman–Crippen MR) is 143 cm³/mol. The van der Waals surface area contributed by atoms with Crippen LogP contribution in [0.15, 0.2) is 57.0 Å². The quantitative estimate of drug-likeness (QED) is 0.203. The van der Waals surface area contributed by atoms with Gasteiger partial charge in [0, 0.05) is 34.4 Å². The number of rotatable bonds is 9. The smallest absolute Gasteiger partial charge is 0.265 e. The van der Waals surface area contributed by atoms with Gasteiger partial charge in [-0.1, -0.05) is 34.7 Å². The van der Waals surface area contributed by atoms with Crippen LogP contribution in [-0.2, 0) is 26.8 Å². The molecule has 4 aromatic rings. The minimum absolute atomic E-state index is 0.138. The summed E-state index contributed by atoms with van der Waals surface area (Å²) in [7, 11) is -8.72. The Hall–Kier alpha value is -2.13. The summed E-state index contributed by atoms with van der Waals surface area (Å²) in [6.07, 6.45) is 3.82. The third-order valence-corrected chi connectivity index (χ3v) is 9.83. The summed E-state index contributed by atoms with van der Waals surface area (Å²) in [6.45, 7) is 0.585. The van der Waals surface area contributed by atoms with E-state index in [-0.39, 0.29) is 12.8 Å². The second-order valence-corrected chi connectivity index (χ2v) is 14.0. The fourth-order valence-electron chi connectivity index (χ4n) is 4.29. The zero-order chi connectivity index (χ0) is 26.4. The number of thioether (sulfide) groups is 1. The van der Waals surface area contributed by atoms with E-state index >= 15 is 0 Å². The van der Waals surface area contributed by atoms with Crippen molar-refractivity contribution in [2.24, 2.45) is 0 Å². The molecule has 0 aliphatic carbocycles. The first-order chi connectivity index (χ1) is 17.5. The van der Waals surface area contributed by atoms with E-state index in [0.29, 0.717) is 23.7 Å². The molecule has 2 aromatic carbocycles. The van der Waals surface area contributed by atoms with Crippen molar-refractivity contribution in [3.8, 4) is 0 Å². The van der Waals surface area contributed by atoms with Crippen LogP contribution in [0, 0.1) is 0 Å². The SMILES string of the molecule is O=S(=O)([O-])CCCN1/C(=C/c2sc3ccc4occc4c3[n+]2CCCS(=O)(=O)[O-])Sc2ccc(Cl)cc21. The molecule has 1 aliphatic heterocycles. The third kappa shape index (κ3) is 5.98. The van der Waals surface area contributed by atoms with E-state index in [4.69, 9.17) is 16.0 Å². The molecule has 14 heteroatoms. The number of aromatic nitrogens is 1. The molecule has 0 amide bonds. The molecule has 9 nitrogen and oxygen atoms in total. The lowest BCUT2D eigenvalue weighted by Gasteiger charge is -2.20. The van der Waals surface area contributed by atoms with Gasteiger partial charge in [-0.15, -0.1) is 0 Å². The predicted octanol–water partition coefficient (Wildman–Crippen LogP) is 4.37. The van der Waals surface area contributed by atoms with Crippen LogP contribution in [-0.4, -0.2) is 44.0 Å². The van der Waals surface area contributed by atoms with E-state index in [9.17, 15) is 25.9 Å². The largest absolute Gasteiger partial charge is 0.748 e. The summed E-state index contributed by atoms with van der Waals surface area (Å²) in [4.78, 5) is 2.87. The van der Waals surface area contributed by atoms with Gasteiger partial charge in [-0.25, -0.2) is 16.8 Å². The van der Waals surface area contributed by atoms with Gasteiger partial charge in [0.2, 0.25) is 5.52 Å². The molecule has 0 spiro atoms. The van der Waals surface area contributed by atoms with Crippen molar-refractivity contribution < 1.29 is 34.9 Å². The fourth-order valence-corrected chi connectivity index (χ4v) is 7.75. The van der Waals surface area contributed by atoms with Crippen molar-refractivity contribution in [2.45, 2.75) is 24.3 Å². The maximum atomic E-state index is 11.3. The van der Waals surface area contributed by atoms with Crippen LogP contribution in [0.2, 0.25) is 5.02 Å². The molecule has 2 aromatic heterocycles. The Morgan fingerprint density at radius 1 is 1.03 bits per heavy atom. The van der Waals surface area contributed by atoms with E-state index in [1.165, 1.54) is 23.1 Å². The monoisotopic (exact) mass is 599 g/mol. The number of hydrogen-bond acceptors (Lipinski definition) is 10. The lowest BCUT2D eigenvalue weighted by Crippen LogP contribution is -2.36. The van der Waals surface area contributed by atoms with Crippen molar-refractivity contribution in [1.29, 1.82) is 0 Å². The molecule has 0 radical (unpaired) electrons. The average molecular weight is 600 g/mol. The number of furan rings is 1. The van der Waals surface area contributed by atoms with E-state index in [1.54, 1.807) is 18.4 Å². The van der Waals surface area contributed by atoms with Crippen molar-refractivity contribution in [2.75, 3.05) is 23.0 Å². The lowest BCUT2D eigenvalue weighted by molar-refractivity contribution is -0.667. The van der Waals surface area contributed by atoms with Crippen LogP contribution in [0.3, 0.4) is 0 Å². The summed E-state index contributed by atoms with van der Waals surface area (Å²) >= 11 is 9.23. The van der Waals surface area contributed by atoms with Crippen LogP contribution >= 0.6 is 34.7 Å². The van der Waals surface area contributed by atoms with Gasteiger partial charge in [-0.3, -0.25) is 0 Å². The first-order valence-electron chi connectivity index (χ1n) is 11.1. The maximum Gasteiger partial charge on any atom is 0.265 e. The number of halogens is 1. The zero-order valence-electron chi connectivity index (χ0n) is 19.1. The highest BCUT2D eigenvalue weighted by Gasteiger charge is 2.29. The number of benzene rings is 2. The van der Waals surface area contributed by atoms with E-state index < -0.39 is 31.7 Å². The van der Waals surface area contributed by atoms with Gasteiger partial charge in [0.15, 0.2) is 6.54 Å². The molecule has 5 rings (SSSR count). The average Bonchev–Trinajstić information content (AvgIpc) is 3.48. The second kappa shape index (κ2) is 10.2. The second-order valence-electron chi connectivity index (χ2n) is 8.42. The number of thiazole rings is 1. The summed E-state index contributed by atoms with van der Waals surface area (Å²) in [6, 6.07) is 11.1. The molecule has 1 aliphatic rings. The Labute approximate surface area is 226 Å². The van der Waals surface area contributed by atoms with Crippen LogP contribution in [0.1, 0.15) is 17.8 Å². The molecular weight excluding hydrogens is 580 g/mol. The number of hydrogen-bond donors (Lipinski definition) is 0. The van der Waals surface area contributed by atoms with Crippen molar-refractivity contribution in [3.05, 3.63) is 57.7 Å². The molecule has 37 heavy (non-hydrogen) atoms. The van der Waals surface area contributed by atoms with Gasteiger partial charge in [0.1, 0.15) is 10.3 Å². The zero-order valence-corrected chi connectivity index (χ0v) is 23.1. The van der Waals surface area contributed by atoms with E-state index in [1.807, 2.05) is 39.8 Å². The summed E-state index contributed by atoms with van der Waals surface area (Å²) < 4.78 is 75.8. The van der Waals surface area contributed by atoms with Crippen LogP contribution < -0.4 is 9.47 Å². The lowest BCUT2D eigenvalue weighted by atomic mass is 10.2. The number of aryl methyl sites for hydroxylation is 1. The molecule has 0 saturated heterocycles. The van der Waals surface area contributed by atoms with Crippen molar-refractivity contribution in [1.82, 2.24) is 0 Å². The van der Waals surface area contributed by atoms with Gasteiger partial charge in [-0.05, 0) is 42.8 Å².